The van der Waals surface area contributed by atoms with Crippen LogP contribution >= 0.6 is 11.3 Å². The van der Waals surface area contributed by atoms with Gasteiger partial charge < -0.3 is 10.1 Å². The number of amides is 1. The molecule has 0 fully saturated rings. The molecule has 1 aliphatic carbocycles. The van der Waals surface area contributed by atoms with E-state index in [2.05, 4.69) is 39.3 Å². The Bertz CT molecular complexity index is 1440. The summed E-state index contributed by atoms with van der Waals surface area (Å²) in [6.45, 7) is 1.95. The summed E-state index contributed by atoms with van der Waals surface area (Å²) >= 11 is 1.35. The maximum atomic E-state index is 15.0. The number of pyridine rings is 1. The summed E-state index contributed by atoms with van der Waals surface area (Å²) in [6, 6.07) is 19.0. The van der Waals surface area contributed by atoms with Crippen molar-refractivity contribution in [3.05, 3.63) is 95.5 Å². The van der Waals surface area contributed by atoms with Crippen LogP contribution in [0.1, 0.15) is 23.7 Å². The van der Waals surface area contributed by atoms with E-state index in [1.165, 1.54) is 17.4 Å². The standard InChI is InChI=1S/C27H22FN3O3S/c1-2-34-26(33)23(32)29-15-12-17-8-9-19(20(28)16-17)24-30-21-10-11-22(31-25(21)35-24)27(13-14-27)18-6-4-3-5-7-18/h3-11,13-14,16H,2,12,15H2,1H3,(H,29,32). The molecule has 0 bridgehead atoms. The van der Waals surface area contributed by atoms with Gasteiger partial charge in [0.05, 0.1) is 17.7 Å². The number of nitrogens with one attached hydrogen (secondary N) is 1. The van der Waals surface area contributed by atoms with Crippen LogP contribution in [-0.2, 0) is 26.2 Å². The molecule has 35 heavy (non-hydrogen) atoms. The SMILES string of the molecule is CCOC(=O)C(=O)NCCc1ccc(-c2nc3ccc(C4(c5ccccc5)C=C4)nc3s2)c(F)c1. The summed E-state index contributed by atoms with van der Waals surface area (Å²) in [6.07, 6.45) is 4.64. The number of fused-ring (bicyclic) bond motifs is 1. The van der Waals surface area contributed by atoms with Gasteiger partial charge in [-0.15, -0.1) is 0 Å². The first-order valence-corrected chi connectivity index (χ1v) is 12.1. The van der Waals surface area contributed by atoms with Gasteiger partial charge in [0, 0.05) is 12.1 Å². The van der Waals surface area contributed by atoms with Crippen LogP contribution in [-0.4, -0.2) is 35.0 Å². The van der Waals surface area contributed by atoms with Crippen LogP contribution < -0.4 is 5.32 Å². The van der Waals surface area contributed by atoms with Crippen molar-refractivity contribution in [2.24, 2.45) is 0 Å². The monoisotopic (exact) mass is 487 g/mol. The lowest BCUT2D eigenvalue weighted by molar-refractivity contribution is -0.154. The molecular weight excluding hydrogens is 465 g/mol. The lowest BCUT2D eigenvalue weighted by Crippen LogP contribution is -2.33. The molecule has 5 rings (SSSR count). The molecule has 176 valence electrons. The first-order chi connectivity index (χ1) is 17.0. The molecule has 2 aromatic heterocycles. The Morgan fingerprint density at radius 2 is 1.86 bits per heavy atom. The summed E-state index contributed by atoms with van der Waals surface area (Å²) in [5, 5.41) is 3.03. The van der Waals surface area contributed by atoms with E-state index in [1.54, 1.807) is 19.1 Å². The fraction of sp³-hybridized carbons (Fsp3) is 0.185. The highest BCUT2D eigenvalue weighted by molar-refractivity contribution is 7.21. The van der Waals surface area contributed by atoms with E-state index in [9.17, 15) is 14.0 Å². The quantitative estimate of drug-likeness (QED) is 0.235. The van der Waals surface area contributed by atoms with Gasteiger partial charge in [-0.1, -0.05) is 59.9 Å². The number of carbonyl (C=O) groups is 2. The van der Waals surface area contributed by atoms with Gasteiger partial charge in [0.25, 0.3) is 0 Å². The number of hydrogen-bond donors (Lipinski definition) is 1. The zero-order valence-corrected chi connectivity index (χ0v) is 19.8. The third-order valence-corrected chi connectivity index (χ3v) is 6.85. The van der Waals surface area contributed by atoms with E-state index in [0.29, 0.717) is 22.6 Å². The van der Waals surface area contributed by atoms with Crippen LogP contribution in [0.3, 0.4) is 0 Å². The number of ether oxygens (including phenoxy) is 1. The first-order valence-electron chi connectivity index (χ1n) is 11.3. The third-order valence-electron chi connectivity index (χ3n) is 5.85. The van der Waals surface area contributed by atoms with Crippen molar-refractivity contribution in [2.45, 2.75) is 18.8 Å². The molecule has 1 N–H and O–H groups in total. The summed E-state index contributed by atoms with van der Waals surface area (Å²) in [5.41, 5.74) is 3.62. The normalized spacial score (nSPS) is 13.5. The Hall–Kier alpha value is -3.91. The van der Waals surface area contributed by atoms with Crippen LogP contribution in [0.4, 0.5) is 4.39 Å². The lowest BCUT2D eigenvalue weighted by atomic mass is 9.89. The minimum absolute atomic E-state index is 0.131. The minimum Gasteiger partial charge on any atom is -0.459 e. The van der Waals surface area contributed by atoms with Crippen molar-refractivity contribution in [2.75, 3.05) is 13.2 Å². The molecule has 6 nitrogen and oxygen atoms in total. The smallest absolute Gasteiger partial charge is 0.396 e. The predicted octanol–water partition coefficient (Wildman–Crippen LogP) is 4.58. The Morgan fingerprint density at radius 3 is 2.57 bits per heavy atom. The summed E-state index contributed by atoms with van der Waals surface area (Å²) in [5.74, 6) is -2.13. The highest BCUT2D eigenvalue weighted by atomic mass is 32.1. The van der Waals surface area contributed by atoms with Gasteiger partial charge >= 0.3 is 11.9 Å². The molecule has 8 heteroatoms. The molecule has 0 saturated heterocycles. The average Bonchev–Trinajstić information content (AvgIpc) is 3.57. The number of allylic oxidation sites excluding steroid dienone is 2. The van der Waals surface area contributed by atoms with Gasteiger partial charge in [0.1, 0.15) is 21.2 Å². The van der Waals surface area contributed by atoms with Crippen LogP contribution in [0, 0.1) is 5.82 Å². The number of nitrogens with zero attached hydrogens (tertiary/aromatic N) is 2. The Labute approximate surface area is 205 Å². The Morgan fingerprint density at radius 1 is 1.06 bits per heavy atom. The highest BCUT2D eigenvalue weighted by Crippen LogP contribution is 2.45. The number of carbonyl (C=O) groups excluding carboxylic acids is 2. The highest BCUT2D eigenvalue weighted by Gasteiger charge is 2.39. The van der Waals surface area contributed by atoms with Crippen molar-refractivity contribution in [3.8, 4) is 10.6 Å². The van der Waals surface area contributed by atoms with Crippen LogP contribution in [0.25, 0.3) is 20.9 Å². The van der Waals surface area contributed by atoms with Gasteiger partial charge in [0.15, 0.2) is 0 Å². The topological polar surface area (TPSA) is 81.2 Å². The number of thiazole rings is 1. The zero-order valence-electron chi connectivity index (χ0n) is 19.0. The molecule has 1 aliphatic rings. The van der Waals surface area contributed by atoms with Crippen LogP contribution in [0.15, 0.2) is 72.8 Å². The molecule has 1 amide bonds. The molecule has 0 radical (unpaired) electrons. The fourth-order valence-corrected chi connectivity index (χ4v) is 4.91. The van der Waals surface area contributed by atoms with E-state index in [1.807, 2.05) is 30.3 Å². The number of benzene rings is 2. The van der Waals surface area contributed by atoms with Crippen LogP contribution in [0.2, 0.25) is 0 Å². The molecule has 0 spiro atoms. The number of halogens is 1. The number of esters is 1. The summed E-state index contributed by atoms with van der Waals surface area (Å²) < 4.78 is 19.6. The Balaban J connectivity index is 1.32. The maximum absolute atomic E-state index is 15.0. The molecular formula is C27H22FN3O3S. The van der Waals surface area contributed by atoms with Crippen molar-refractivity contribution in [1.29, 1.82) is 0 Å². The average molecular weight is 488 g/mol. The first kappa shape index (κ1) is 22.9. The van der Waals surface area contributed by atoms with Gasteiger partial charge in [0.2, 0.25) is 0 Å². The van der Waals surface area contributed by atoms with Crippen molar-refractivity contribution in [3.63, 3.8) is 0 Å². The van der Waals surface area contributed by atoms with Gasteiger partial charge in [-0.3, -0.25) is 4.79 Å². The molecule has 0 atom stereocenters. The number of rotatable bonds is 7. The van der Waals surface area contributed by atoms with E-state index >= 15 is 0 Å². The van der Waals surface area contributed by atoms with Crippen molar-refractivity contribution < 1.29 is 18.7 Å². The predicted molar refractivity (Wildman–Crippen MR) is 133 cm³/mol. The van der Waals surface area contributed by atoms with Crippen molar-refractivity contribution in [1.82, 2.24) is 15.3 Å². The molecule has 0 aliphatic heterocycles. The van der Waals surface area contributed by atoms with Gasteiger partial charge in [-0.2, -0.15) is 0 Å². The second-order valence-electron chi connectivity index (χ2n) is 8.15. The van der Waals surface area contributed by atoms with Gasteiger partial charge in [-0.05, 0) is 48.7 Å². The third kappa shape index (κ3) is 4.57. The molecule has 4 aromatic rings. The lowest BCUT2D eigenvalue weighted by Gasteiger charge is -2.15. The minimum atomic E-state index is -0.922. The van der Waals surface area contributed by atoms with E-state index in [0.717, 1.165) is 21.6 Å². The molecule has 2 heterocycles. The number of aromatic nitrogens is 2. The largest absolute Gasteiger partial charge is 0.459 e. The summed E-state index contributed by atoms with van der Waals surface area (Å²) in [7, 11) is 0. The van der Waals surface area contributed by atoms with Crippen molar-refractivity contribution >= 4 is 33.6 Å². The fourth-order valence-electron chi connectivity index (χ4n) is 3.95. The molecule has 2 aromatic carbocycles. The molecule has 0 unspecified atom stereocenters. The summed E-state index contributed by atoms with van der Waals surface area (Å²) in [4.78, 5) is 33.2. The Kier molecular flexibility index (Phi) is 6.13. The second kappa shape index (κ2) is 9.38. The van der Waals surface area contributed by atoms with E-state index in [-0.39, 0.29) is 18.6 Å². The van der Waals surface area contributed by atoms with Gasteiger partial charge in [-0.25, -0.2) is 19.2 Å². The van der Waals surface area contributed by atoms with Crippen LogP contribution in [0.5, 0.6) is 0 Å². The van der Waals surface area contributed by atoms with E-state index in [4.69, 9.17) is 4.98 Å². The molecule has 0 saturated carbocycles. The maximum Gasteiger partial charge on any atom is 0.396 e. The zero-order chi connectivity index (χ0) is 24.4. The second-order valence-corrected chi connectivity index (χ2v) is 9.13. The van der Waals surface area contributed by atoms with E-state index < -0.39 is 17.7 Å². The number of hydrogen-bond acceptors (Lipinski definition) is 6.